The molecule has 0 spiro atoms. The Labute approximate surface area is 121 Å². The highest BCUT2D eigenvalue weighted by Gasteiger charge is 2.22. The fourth-order valence-electron chi connectivity index (χ4n) is 2.78. The van der Waals surface area contributed by atoms with Crippen LogP contribution in [0.1, 0.15) is 43.5 Å². The Morgan fingerprint density at radius 1 is 1.21 bits per heavy atom. The van der Waals surface area contributed by atoms with E-state index in [4.69, 9.17) is 0 Å². The summed E-state index contributed by atoms with van der Waals surface area (Å²) in [4.78, 5) is 15.3. The minimum absolute atomic E-state index is 0.165. The lowest BCUT2D eigenvalue weighted by atomic mass is 9.89. The van der Waals surface area contributed by atoms with Gasteiger partial charge in [0.25, 0.3) is 5.91 Å². The lowest BCUT2D eigenvalue weighted by molar-refractivity contribution is 0.0759. The summed E-state index contributed by atoms with van der Waals surface area (Å²) >= 11 is 4.25. The number of likely N-dealkylation sites (tertiary alicyclic amines) is 1. The van der Waals surface area contributed by atoms with Gasteiger partial charge in [0.15, 0.2) is 0 Å². The van der Waals surface area contributed by atoms with Crippen LogP contribution in [0.2, 0.25) is 0 Å². The average Bonchev–Trinajstić information content (AvgIpc) is 2.64. The topological polar surface area (TPSA) is 20.3 Å². The number of nitrogens with zero attached hydrogens (tertiary/aromatic N) is 1. The van der Waals surface area contributed by atoms with E-state index < -0.39 is 0 Å². The number of thiol groups is 1. The average molecular weight is 277 g/mol. The minimum atomic E-state index is 0.165. The lowest BCUT2D eigenvalue weighted by Crippen LogP contribution is -2.32. The second-order valence-corrected chi connectivity index (χ2v) is 6.29. The fourth-order valence-corrected chi connectivity index (χ4v) is 2.93. The van der Waals surface area contributed by atoms with Gasteiger partial charge in [-0.1, -0.05) is 13.8 Å². The van der Waals surface area contributed by atoms with Crippen LogP contribution in [-0.2, 0) is 0 Å². The van der Waals surface area contributed by atoms with Crippen LogP contribution in [0.4, 0.5) is 0 Å². The summed E-state index contributed by atoms with van der Waals surface area (Å²) in [6.07, 6.45) is 3.50. The van der Waals surface area contributed by atoms with Gasteiger partial charge in [0.05, 0.1) is 0 Å². The van der Waals surface area contributed by atoms with Crippen molar-refractivity contribution >= 4 is 18.5 Å². The third-order valence-electron chi connectivity index (χ3n) is 4.12. The number of hydrogen-bond donors (Lipinski definition) is 1. The minimum Gasteiger partial charge on any atom is -0.339 e. The zero-order chi connectivity index (χ0) is 13.8. The molecule has 1 aliphatic heterocycles. The Bertz CT molecular complexity index is 427. The van der Waals surface area contributed by atoms with Gasteiger partial charge in [-0.15, -0.1) is 12.6 Å². The van der Waals surface area contributed by atoms with Crippen LogP contribution in [0.25, 0.3) is 0 Å². The monoisotopic (exact) mass is 277 g/mol. The van der Waals surface area contributed by atoms with Crippen LogP contribution in [0.15, 0.2) is 29.2 Å². The van der Waals surface area contributed by atoms with Crippen molar-refractivity contribution in [3.05, 3.63) is 29.8 Å². The van der Waals surface area contributed by atoms with Crippen molar-refractivity contribution in [2.75, 3.05) is 13.1 Å². The molecule has 104 valence electrons. The van der Waals surface area contributed by atoms with Gasteiger partial charge in [-0.2, -0.15) is 0 Å². The van der Waals surface area contributed by atoms with Gasteiger partial charge in [0, 0.05) is 23.5 Å². The highest BCUT2D eigenvalue weighted by molar-refractivity contribution is 7.80. The zero-order valence-corrected chi connectivity index (χ0v) is 12.7. The number of benzene rings is 1. The Balaban J connectivity index is 2.02. The molecule has 0 aromatic heterocycles. The quantitative estimate of drug-likeness (QED) is 0.814. The molecular formula is C16H23NOS. The van der Waals surface area contributed by atoms with Gasteiger partial charge in [-0.05, 0) is 55.4 Å². The van der Waals surface area contributed by atoms with E-state index >= 15 is 0 Å². The normalized spacial score (nSPS) is 20.4. The molecule has 0 radical (unpaired) electrons. The van der Waals surface area contributed by atoms with E-state index in [0.717, 1.165) is 48.2 Å². The molecule has 0 saturated carbocycles. The molecular weight excluding hydrogens is 254 g/mol. The molecule has 1 aliphatic rings. The number of carbonyl (C=O) groups excluding carboxylic acids is 1. The summed E-state index contributed by atoms with van der Waals surface area (Å²) in [5.41, 5.74) is 0.779. The summed E-state index contributed by atoms with van der Waals surface area (Å²) in [7, 11) is 0. The highest BCUT2D eigenvalue weighted by Crippen LogP contribution is 2.25. The lowest BCUT2D eigenvalue weighted by Gasteiger charge is -2.21. The van der Waals surface area contributed by atoms with Crippen LogP contribution in [-0.4, -0.2) is 23.9 Å². The van der Waals surface area contributed by atoms with Gasteiger partial charge in [0.2, 0.25) is 0 Å². The summed E-state index contributed by atoms with van der Waals surface area (Å²) in [5.74, 6) is 1.65. The van der Waals surface area contributed by atoms with Crippen LogP contribution in [0.5, 0.6) is 0 Å². The molecule has 1 atom stereocenters. The SMILES string of the molecule is CC(C)C1CCCN(C(=O)c2ccc(S)cc2)CC1. The molecule has 1 unspecified atom stereocenters. The van der Waals surface area contributed by atoms with Crippen molar-refractivity contribution in [2.45, 2.75) is 38.0 Å². The van der Waals surface area contributed by atoms with E-state index in [2.05, 4.69) is 26.5 Å². The highest BCUT2D eigenvalue weighted by atomic mass is 32.1. The molecule has 0 bridgehead atoms. The van der Waals surface area contributed by atoms with Crippen LogP contribution in [0, 0.1) is 11.8 Å². The first kappa shape index (κ1) is 14.4. The van der Waals surface area contributed by atoms with Crippen molar-refractivity contribution in [2.24, 2.45) is 11.8 Å². The van der Waals surface area contributed by atoms with Crippen molar-refractivity contribution in [3.8, 4) is 0 Å². The second-order valence-electron chi connectivity index (χ2n) is 5.77. The van der Waals surface area contributed by atoms with Crippen LogP contribution >= 0.6 is 12.6 Å². The molecule has 1 saturated heterocycles. The van der Waals surface area contributed by atoms with Crippen molar-refractivity contribution in [1.29, 1.82) is 0 Å². The van der Waals surface area contributed by atoms with Crippen molar-refractivity contribution in [1.82, 2.24) is 4.90 Å². The summed E-state index contributed by atoms with van der Waals surface area (Å²) in [5, 5.41) is 0. The molecule has 0 N–H and O–H groups in total. The Morgan fingerprint density at radius 2 is 1.89 bits per heavy atom. The Kier molecular flexibility index (Phi) is 4.92. The van der Waals surface area contributed by atoms with E-state index in [9.17, 15) is 4.79 Å². The third-order valence-corrected chi connectivity index (χ3v) is 4.42. The Hall–Kier alpha value is -0.960. The summed E-state index contributed by atoms with van der Waals surface area (Å²) < 4.78 is 0. The smallest absolute Gasteiger partial charge is 0.253 e. The first-order valence-corrected chi connectivity index (χ1v) is 7.61. The number of rotatable bonds is 2. The molecule has 2 nitrogen and oxygen atoms in total. The summed E-state index contributed by atoms with van der Waals surface area (Å²) in [6, 6.07) is 7.50. The third kappa shape index (κ3) is 3.75. The maximum Gasteiger partial charge on any atom is 0.253 e. The van der Waals surface area contributed by atoms with E-state index in [1.807, 2.05) is 29.2 Å². The molecule has 3 heteroatoms. The van der Waals surface area contributed by atoms with Crippen LogP contribution < -0.4 is 0 Å². The van der Waals surface area contributed by atoms with Gasteiger partial charge in [-0.3, -0.25) is 4.79 Å². The largest absolute Gasteiger partial charge is 0.339 e. The zero-order valence-electron chi connectivity index (χ0n) is 11.8. The maximum absolute atomic E-state index is 12.4. The van der Waals surface area contributed by atoms with Gasteiger partial charge in [0.1, 0.15) is 0 Å². The fraction of sp³-hybridized carbons (Fsp3) is 0.562. The molecule has 2 rings (SSSR count). The molecule has 19 heavy (non-hydrogen) atoms. The first-order valence-electron chi connectivity index (χ1n) is 7.16. The van der Waals surface area contributed by atoms with Gasteiger partial charge in [-0.25, -0.2) is 0 Å². The predicted octanol–water partition coefficient (Wildman–Crippen LogP) is 3.87. The van der Waals surface area contributed by atoms with E-state index in [-0.39, 0.29) is 5.91 Å². The van der Waals surface area contributed by atoms with Gasteiger partial charge < -0.3 is 4.90 Å². The summed E-state index contributed by atoms with van der Waals surface area (Å²) in [6.45, 7) is 6.36. The molecule has 1 heterocycles. The standard InChI is InChI=1S/C16H23NOS/c1-12(2)13-4-3-10-17(11-9-13)16(18)14-5-7-15(19)8-6-14/h5-8,12-13,19H,3-4,9-11H2,1-2H3. The molecule has 1 fully saturated rings. The van der Waals surface area contributed by atoms with E-state index in [1.165, 1.54) is 6.42 Å². The predicted molar refractivity (Wildman–Crippen MR) is 81.8 cm³/mol. The number of amides is 1. The Morgan fingerprint density at radius 3 is 2.53 bits per heavy atom. The van der Waals surface area contributed by atoms with E-state index in [0.29, 0.717) is 0 Å². The van der Waals surface area contributed by atoms with Crippen molar-refractivity contribution in [3.63, 3.8) is 0 Å². The molecule has 1 aromatic rings. The van der Waals surface area contributed by atoms with Crippen molar-refractivity contribution < 1.29 is 4.79 Å². The second kappa shape index (κ2) is 6.47. The number of hydrogen-bond acceptors (Lipinski definition) is 2. The van der Waals surface area contributed by atoms with Crippen LogP contribution in [0.3, 0.4) is 0 Å². The molecule has 0 aliphatic carbocycles. The molecule has 1 amide bonds. The van der Waals surface area contributed by atoms with E-state index in [1.54, 1.807) is 0 Å². The first-order chi connectivity index (χ1) is 9.08. The molecule has 1 aromatic carbocycles. The van der Waals surface area contributed by atoms with Gasteiger partial charge >= 0.3 is 0 Å². The maximum atomic E-state index is 12.4. The number of carbonyl (C=O) groups is 1.